The third kappa shape index (κ3) is 4.78. The molecule has 0 aliphatic rings. The maximum Gasteiger partial charge on any atom is 0.331 e. The van der Waals surface area contributed by atoms with Gasteiger partial charge < -0.3 is 30.0 Å². The van der Waals surface area contributed by atoms with Crippen molar-refractivity contribution in [3.63, 3.8) is 0 Å². The van der Waals surface area contributed by atoms with Gasteiger partial charge in [-0.3, -0.25) is 9.59 Å². The molecule has 0 fully saturated rings. The highest BCUT2D eigenvalue weighted by Gasteiger charge is 2.34. The fourth-order valence-corrected chi connectivity index (χ4v) is 2.13. The van der Waals surface area contributed by atoms with E-state index in [1.165, 1.54) is 33.5 Å². The molecule has 0 aromatic heterocycles. The number of methoxy groups -OCH3 is 3. The standard InChI is InChI=1S/C17H24N2O7/c1-6-17(2,16(22)25-5)19-15(21)10-7-11(23-3)14(12(8-10)24-4)26-9-13(18)20/h7-8H,6,9H2,1-5H3,(H2,18,20)(H,19,21). The molecule has 0 saturated heterocycles. The van der Waals surface area contributed by atoms with E-state index in [4.69, 9.17) is 24.7 Å². The molecule has 1 aromatic carbocycles. The summed E-state index contributed by atoms with van der Waals surface area (Å²) >= 11 is 0. The molecule has 0 saturated carbocycles. The molecule has 0 bridgehead atoms. The van der Waals surface area contributed by atoms with Gasteiger partial charge in [0, 0.05) is 5.56 Å². The zero-order valence-electron chi connectivity index (χ0n) is 15.5. The van der Waals surface area contributed by atoms with Crippen LogP contribution in [0, 0.1) is 0 Å². The zero-order valence-corrected chi connectivity index (χ0v) is 15.5. The molecule has 1 rings (SSSR count). The van der Waals surface area contributed by atoms with Gasteiger partial charge in [-0.1, -0.05) is 6.92 Å². The van der Waals surface area contributed by atoms with E-state index in [0.29, 0.717) is 6.42 Å². The van der Waals surface area contributed by atoms with E-state index in [1.54, 1.807) is 13.8 Å². The molecule has 1 atom stereocenters. The van der Waals surface area contributed by atoms with Crippen molar-refractivity contribution in [2.24, 2.45) is 5.73 Å². The highest BCUT2D eigenvalue weighted by Crippen LogP contribution is 2.38. The van der Waals surface area contributed by atoms with Crippen LogP contribution in [0.5, 0.6) is 17.2 Å². The normalized spacial score (nSPS) is 12.5. The summed E-state index contributed by atoms with van der Waals surface area (Å²) in [5.41, 5.74) is 4.06. The first kappa shape index (κ1) is 21.1. The number of esters is 1. The van der Waals surface area contributed by atoms with Gasteiger partial charge in [0.05, 0.1) is 21.3 Å². The summed E-state index contributed by atoms with van der Waals surface area (Å²) in [7, 11) is 4.00. The number of nitrogens with one attached hydrogen (secondary N) is 1. The minimum absolute atomic E-state index is 0.136. The molecule has 2 amide bonds. The van der Waals surface area contributed by atoms with Crippen molar-refractivity contribution >= 4 is 17.8 Å². The smallest absolute Gasteiger partial charge is 0.331 e. The lowest BCUT2D eigenvalue weighted by Gasteiger charge is -2.26. The molecule has 3 N–H and O–H groups in total. The van der Waals surface area contributed by atoms with E-state index in [1.807, 2.05) is 0 Å². The highest BCUT2D eigenvalue weighted by atomic mass is 16.5. The topological polar surface area (TPSA) is 126 Å². The minimum atomic E-state index is -1.19. The van der Waals surface area contributed by atoms with Crippen LogP contribution in [0.1, 0.15) is 30.6 Å². The molecule has 0 radical (unpaired) electrons. The molecule has 0 spiro atoms. The second-order valence-electron chi connectivity index (χ2n) is 5.60. The van der Waals surface area contributed by atoms with Crippen LogP contribution in [0.25, 0.3) is 0 Å². The first-order chi connectivity index (χ1) is 12.2. The van der Waals surface area contributed by atoms with E-state index >= 15 is 0 Å². The first-order valence-electron chi connectivity index (χ1n) is 7.80. The van der Waals surface area contributed by atoms with Gasteiger partial charge in [-0.05, 0) is 25.5 Å². The van der Waals surface area contributed by atoms with Crippen LogP contribution in [0.15, 0.2) is 12.1 Å². The molecule has 1 aromatic rings. The van der Waals surface area contributed by atoms with Crippen molar-refractivity contribution < 1.29 is 33.3 Å². The van der Waals surface area contributed by atoms with Crippen molar-refractivity contribution in [1.82, 2.24) is 5.32 Å². The van der Waals surface area contributed by atoms with E-state index < -0.39 is 23.3 Å². The number of hydrogen-bond acceptors (Lipinski definition) is 7. The van der Waals surface area contributed by atoms with E-state index in [-0.39, 0.29) is 29.4 Å². The van der Waals surface area contributed by atoms with E-state index in [9.17, 15) is 14.4 Å². The molecule has 0 aliphatic carbocycles. The van der Waals surface area contributed by atoms with Crippen molar-refractivity contribution in [3.8, 4) is 17.2 Å². The summed E-state index contributed by atoms with van der Waals surface area (Å²) in [6.07, 6.45) is 0.333. The van der Waals surface area contributed by atoms with Gasteiger partial charge in [0.2, 0.25) is 5.75 Å². The summed E-state index contributed by atoms with van der Waals surface area (Å²) in [4.78, 5) is 35.5. The number of ether oxygens (including phenoxy) is 4. The number of carbonyl (C=O) groups is 3. The van der Waals surface area contributed by atoms with Crippen LogP contribution in [-0.2, 0) is 14.3 Å². The first-order valence-corrected chi connectivity index (χ1v) is 7.80. The molecule has 0 aliphatic heterocycles. The Hall–Kier alpha value is -2.97. The van der Waals surface area contributed by atoms with Crippen molar-refractivity contribution in [3.05, 3.63) is 17.7 Å². The molecule has 9 heteroatoms. The maximum atomic E-state index is 12.6. The predicted octanol–water partition coefficient (Wildman–Crippen LogP) is 0.639. The Morgan fingerprint density at radius 1 is 1.12 bits per heavy atom. The molecule has 0 heterocycles. The van der Waals surface area contributed by atoms with Crippen LogP contribution in [0.3, 0.4) is 0 Å². The average Bonchev–Trinajstić information content (AvgIpc) is 2.64. The monoisotopic (exact) mass is 368 g/mol. The van der Waals surface area contributed by atoms with Crippen LogP contribution in [-0.4, -0.2) is 51.3 Å². The van der Waals surface area contributed by atoms with Crippen molar-refractivity contribution in [2.75, 3.05) is 27.9 Å². The van der Waals surface area contributed by atoms with Crippen LogP contribution in [0.4, 0.5) is 0 Å². The van der Waals surface area contributed by atoms with Crippen LogP contribution < -0.4 is 25.3 Å². The summed E-state index contributed by atoms with van der Waals surface area (Å²) in [6.45, 7) is 2.93. The molecular weight excluding hydrogens is 344 g/mol. The highest BCUT2D eigenvalue weighted by molar-refractivity contribution is 5.99. The third-order valence-corrected chi connectivity index (χ3v) is 3.81. The van der Waals surface area contributed by atoms with E-state index in [0.717, 1.165) is 0 Å². The van der Waals surface area contributed by atoms with E-state index in [2.05, 4.69) is 5.32 Å². The molecule has 1 unspecified atom stereocenters. The Morgan fingerprint density at radius 2 is 1.65 bits per heavy atom. The van der Waals surface area contributed by atoms with Gasteiger partial charge in [-0.2, -0.15) is 0 Å². The summed E-state index contributed by atoms with van der Waals surface area (Å²) in [5, 5.41) is 2.64. The SMILES string of the molecule is CCC(C)(NC(=O)c1cc(OC)c(OCC(N)=O)c(OC)c1)C(=O)OC. The number of hydrogen-bond donors (Lipinski definition) is 2. The Labute approximate surface area is 151 Å². The molecule has 144 valence electrons. The number of nitrogens with two attached hydrogens (primary N) is 1. The Kier molecular flexibility index (Phi) is 7.24. The largest absolute Gasteiger partial charge is 0.493 e. The Balaban J connectivity index is 3.22. The average molecular weight is 368 g/mol. The van der Waals surface area contributed by atoms with Crippen LogP contribution in [0.2, 0.25) is 0 Å². The quantitative estimate of drug-likeness (QED) is 0.613. The summed E-state index contributed by atoms with van der Waals surface area (Å²) in [5.74, 6) is -1.28. The second kappa shape index (κ2) is 8.93. The fraction of sp³-hybridized carbons (Fsp3) is 0.471. The summed E-state index contributed by atoms with van der Waals surface area (Å²) in [6, 6.07) is 2.81. The summed E-state index contributed by atoms with van der Waals surface area (Å²) < 4.78 is 20.4. The fourth-order valence-electron chi connectivity index (χ4n) is 2.13. The molecular formula is C17H24N2O7. The number of primary amides is 1. The minimum Gasteiger partial charge on any atom is -0.493 e. The lowest BCUT2D eigenvalue weighted by molar-refractivity contribution is -0.147. The third-order valence-electron chi connectivity index (χ3n) is 3.81. The van der Waals surface area contributed by atoms with Gasteiger partial charge >= 0.3 is 5.97 Å². The second-order valence-corrected chi connectivity index (χ2v) is 5.60. The number of amides is 2. The molecule has 26 heavy (non-hydrogen) atoms. The van der Waals surface area contributed by atoms with Gasteiger partial charge in [0.25, 0.3) is 11.8 Å². The number of carbonyl (C=O) groups excluding carboxylic acids is 3. The van der Waals surface area contributed by atoms with Gasteiger partial charge in [-0.25, -0.2) is 4.79 Å². The van der Waals surface area contributed by atoms with Gasteiger partial charge in [-0.15, -0.1) is 0 Å². The van der Waals surface area contributed by atoms with Crippen LogP contribution >= 0.6 is 0 Å². The predicted molar refractivity (Wildman–Crippen MR) is 92.4 cm³/mol. The number of rotatable bonds is 9. The Bertz CT molecular complexity index is 665. The van der Waals surface area contributed by atoms with Crippen molar-refractivity contribution in [1.29, 1.82) is 0 Å². The number of benzene rings is 1. The van der Waals surface area contributed by atoms with Crippen molar-refractivity contribution in [2.45, 2.75) is 25.8 Å². The van der Waals surface area contributed by atoms with Gasteiger partial charge in [0.15, 0.2) is 18.1 Å². The maximum absolute atomic E-state index is 12.6. The Morgan fingerprint density at radius 3 is 2.04 bits per heavy atom. The zero-order chi connectivity index (χ0) is 19.9. The van der Waals surface area contributed by atoms with Gasteiger partial charge in [0.1, 0.15) is 5.54 Å². The lowest BCUT2D eigenvalue weighted by atomic mass is 9.98. The molecule has 9 nitrogen and oxygen atoms in total. The lowest BCUT2D eigenvalue weighted by Crippen LogP contribution is -2.52.